The van der Waals surface area contributed by atoms with Crippen molar-refractivity contribution in [2.45, 2.75) is 6.04 Å². The first-order chi connectivity index (χ1) is 4.47. The van der Waals surface area contributed by atoms with Crippen molar-refractivity contribution in [1.29, 1.82) is 0 Å². The summed E-state index contributed by atoms with van der Waals surface area (Å²) in [7, 11) is 0. The molecule has 0 amide bonds. The molecule has 0 aliphatic carbocycles. The molecule has 1 atom stereocenters. The Balaban J connectivity index is 2.27. The molecule has 2 heterocycles. The lowest BCUT2D eigenvalue weighted by atomic mass is 10.3. The molecule has 0 aromatic rings. The van der Waals surface area contributed by atoms with Crippen LogP contribution in [0.15, 0.2) is 29.4 Å². The van der Waals surface area contributed by atoms with Crippen LogP contribution in [-0.4, -0.2) is 12.3 Å². The largest absolute Gasteiger partial charge is 0.464 e. The van der Waals surface area contributed by atoms with Gasteiger partial charge in [0.1, 0.15) is 18.1 Å². The number of aliphatic imine (C=N–C) groups is 1. The van der Waals surface area contributed by atoms with Gasteiger partial charge in [0.2, 0.25) is 0 Å². The van der Waals surface area contributed by atoms with Gasteiger partial charge in [-0.1, -0.05) is 0 Å². The second-order valence-electron chi connectivity index (χ2n) is 1.89. The van der Waals surface area contributed by atoms with E-state index in [2.05, 4.69) is 10.3 Å². The molecule has 2 aliphatic rings. The van der Waals surface area contributed by atoms with Crippen molar-refractivity contribution in [3.8, 4) is 0 Å². The van der Waals surface area contributed by atoms with Crippen LogP contribution in [0.3, 0.4) is 0 Å². The van der Waals surface area contributed by atoms with Crippen LogP contribution in [-0.2, 0) is 4.74 Å². The highest BCUT2D eigenvalue weighted by Crippen LogP contribution is 2.12. The average molecular weight is 122 g/mol. The fraction of sp³-hybridized carbons (Fsp3) is 0.167. The Labute approximate surface area is 52.7 Å². The highest BCUT2D eigenvalue weighted by molar-refractivity contribution is 5.72. The van der Waals surface area contributed by atoms with Gasteiger partial charge >= 0.3 is 0 Å². The molecule has 1 unspecified atom stereocenters. The number of rotatable bonds is 0. The molecule has 2 aliphatic heterocycles. The molecule has 0 fully saturated rings. The Hall–Kier alpha value is -1.25. The van der Waals surface area contributed by atoms with E-state index >= 15 is 0 Å². The molecule has 9 heavy (non-hydrogen) atoms. The van der Waals surface area contributed by atoms with Crippen LogP contribution >= 0.6 is 0 Å². The predicted octanol–water partition coefficient (Wildman–Crippen LogP) is 0.372. The highest BCUT2D eigenvalue weighted by atomic mass is 16.5. The quantitative estimate of drug-likeness (QED) is 0.503. The molecule has 0 aromatic heterocycles. The van der Waals surface area contributed by atoms with Crippen LogP contribution in [0, 0.1) is 0 Å². The van der Waals surface area contributed by atoms with Crippen molar-refractivity contribution < 1.29 is 4.74 Å². The minimum atomic E-state index is 0.176. The first-order valence-electron chi connectivity index (χ1n) is 2.78. The van der Waals surface area contributed by atoms with Gasteiger partial charge in [0.25, 0.3) is 0 Å². The molecule has 0 saturated heterocycles. The summed E-state index contributed by atoms with van der Waals surface area (Å²) >= 11 is 0. The Morgan fingerprint density at radius 1 is 1.67 bits per heavy atom. The van der Waals surface area contributed by atoms with Crippen molar-refractivity contribution in [2.75, 3.05) is 0 Å². The number of nitrogens with zero attached hydrogens (tertiary/aromatic N) is 1. The van der Waals surface area contributed by atoms with Gasteiger partial charge < -0.3 is 10.1 Å². The summed E-state index contributed by atoms with van der Waals surface area (Å²) in [5.41, 5.74) is 0. The van der Waals surface area contributed by atoms with Gasteiger partial charge in [-0.3, -0.25) is 4.99 Å². The van der Waals surface area contributed by atoms with Crippen LogP contribution in [0.5, 0.6) is 0 Å². The van der Waals surface area contributed by atoms with E-state index in [1.165, 1.54) is 0 Å². The third-order valence-electron chi connectivity index (χ3n) is 1.29. The van der Waals surface area contributed by atoms with Crippen LogP contribution in [0.4, 0.5) is 0 Å². The lowest BCUT2D eigenvalue weighted by Gasteiger charge is -2.15. The SMILES string of the molecule is C1=COC2=CN=CC2N1. The summed E-state index contributed by atoms with van der Waals surface area (Å²) in [6, 6.07) is 0.176. The van der Waals surface area contributed by atoms with Gasteiger partial charge in [-0.25, -0.2) is 0 Å². The van der Waals surface area contributed by atoms with E-state index in [1.807, 2.05) is 0 Å². The van der Waals surface area contributed by atoms with E-state index in [4.69, 9.17) is 4.74 Å². The second kappa shape index (κ2) is 1.62. The van der Waals surface area contributed by atoms with E-state index in [1.54, 1.807) is 24.9 Å². The number of ether oxygens (including phenoxy) is 1. The van der Waals surface area contributed by atoms with Crippen molar-refractivity contribution in [3.63, 3.8) is 0 Å². The van der Waals surface area contributed by atoms with Crippen LogP contribution < -0.4 is 5.32 Å². The van der Waals surface area contributed by atoms with E-state index < -0.39 is 0 Å². The van der Waals surface area contributed by atoms with Crippen LogP contribution in [0.1, 0.15) is 0 Å². The second-order valence-corrected chi connectivity index (χ2v) is 1.89. The highest BCUT2D eigenvalue weighted by Gasteiger charge is 2.17. The lowest BCUT2D eigenvalue weighted by molar-refractivity contribution is 0.310. The summed E-state index contributed by atoms with van der Waals surface area (Å²) < 4.78 is 5.09. The first-order valence-corrected chi connectivity index (χ1v) is 2.78. The number of nitrogens with one attached hydrogen (secondary N) is 1. The van der Waals surface area contributed by atoms with Gasteiger partial charge in [-0.15, -0.1) is 0 Å². The fourth-order valence-electron chi connectivity index (χ4n) is 0.841. The Morgan fingerprint density at radius 3 is 3.56 bits per heavy atom. The maximum atomic E-state index is 5.09. The normalized spacial score (nSPS) is 28.4. The Kier molecular flexibility index (Phi) is 0.828. The minimum Gasteiger partial charge on any atom is -0.464 e. The molecule has 0 bridgehead atoms. The molecule has 0 saturated carbocycles. The summed E-state index contributed by atoms with van der Waals surface area (Å²) in [6.45, 7) is 0. The van der Waals surface area contributed by atoms with Crippen LogP contribution in [0.25, 0.3) is 0 Å². The van der Waals surface area contributed by atoms with Gasteiger partial charge in [0.05, 0.1) is 6.20 Å². The van der Waals surface area contributed by atoms with Gasteiger partial charge in [-0.2, -0.15) is 0 Å². The maximum absolute atomic E-state index is 5.09. The maximum Gasteiger partial charge on any atom is 0.149 e. The molecule has 0 radical (unpaired) electrons. The molecule has 3 heteroatoms. The van der Waals surface area contributed by atoms with Crippen molar-refractivity contribution in [3.05, 3.63) is 24.4 Å². The zero-order chi connectivity index (χ0) is 6.10. The summed E-state index contributed by atoms with van der Waals surface area (Å²) in [5.74, 6) is 0.873. The van der Waals surface area contributed by atoms with E-state index in [9.17, 15) is 0 Å². The van der Waals surface area contributed by atoms with E-state index in [0.717, 1.165) is 5.76 Å². The van der Waals surface area contributed by atoms with Gasteiger partial charge in [-0.05, 0) is 0 Å². The Bertz CT molecular complexity index is 205. The number of hydrogen-bond acceptors (Lipinski definition) is 3. The molecular weight excluding hydrogens is 116 g/mol. The Morgan fingerprint density at radius 2 is 2.67 bits per heavy atom. The first kappa shape index (κ1) is 4.61. The van der Waals surface area contributed by atoms with Gasteiger partial charge in [0.15, 0.2) is 0 Å². The third kappa shape index (κ3) is 0.614. The molecular formula is C6H6N2O. The third-order valence-corrected chi connectivity index (χ3v) is 1.29. The summed E-state index contributed by atoms with van der Waals surface area (Å²) in [6.07, 6.45) is 6.89. The molecule has 0 aromatic carbocycles. The fourth-order valence-corrected chi connectivity index (χ4v) is 0.841. The van der Waals surface area contributed by atoms with E-state index in [-0.39, 0.29) is 6.04 Å². The van der Waals surface area contributed by atoms with Crippen molar-refractivity contribution >= 4 is 6.21 Å². The van der Waals surface area contributed by atoms with E-state index in [0.29, 0.717) is 0 Å². The van der Waals surface area contributed by atoms with Crippen molar-refractivity contribution in [1.82, 2.24) is 5.32 Å². The molecule has 46 valence electrons. The number of fused-ring (bicyclic) bond motifs is 1. The smallest absolute Gasteiger partial charge is 0.149 e. The van der Waals surface area contributed by atoms with Crippen LogP contribution in [0.2, 0.25) is 0 Å². The molecule has 3 nitrogen and oxygen atoms in total. The minimum absolute atomic E-state index is 0.176. The summed E-state index contributed by atoms with van der Waals surface area (Å²) in [4.78, 5) is 3.91. The topological polar surface area (TPSA) is 33.6 Å². The summed E-state index contributed by atoms with van der Waals surface area (Å²) in [5, 5.41) is 3.06. The van der Waals surface area contributed by atoms with Crippen molar-refractivity contribution in [2.24, 2.45) is 4.99 Å². The molecule has 1 N–H and O–H groups in total. The standard InChI is InChI=1S/C6H6N2O/c1-2-9-6-4-7-3-5(6)8-1/h1-5,8H. The number of hydrogen-bond donors (Lipinski definition) is 1. The average Bonchev–Trinajstić information content (AvgIpc) is 2.33. The van der Waals surface area contributed by atoms with Gasteiger partial charge in [0, 0.05) is 12.4 Å². The zero-order valence-corrected chi connectivity index (χ0v) is 4.74. The lowest BCUT2D eigenvalue weighted by Crippen LogP contribution is -2.29. The monoisotopic (exact) mass is 122 g/mol. The molecule has 2 rings (SSSR count). The zero-order valence-electron chi connectivity index (χ0n) is 4.74. The predicted molar refractivity (Wildman–Crippen MR) is 33.7 cm³/mol. The molecule has 0 spiro atoms.